The number of carbonyl (C=O) groups excluding carboxylic acids is 1. The number of methoxy groups -OCH3 is 1. The first-order valence-corrected chi connectivity index (χ1v) is 9.05. The Labute approximate surface area is 169 Å². The number of pyridine rings is 1. The molecule has 0 unspecified atom stereocenters. The molecule has 150 valence electrons. The van der Waals surface area contributed by atoms with Crippen LogP contribution in [0.4, 0.5) is 21.7 Å². The van der Waals surface area contributed by atoms with Crippen molar-refractivity contribution in [3.8, 4) is 5.75 Å². The lowest BCUT2D eigenvalue weighted by Crippen LogP contribution is -2.22. The number of nitrogens with two attached hydrogens (primary N) is 1. The number of ether oxygens (including phenoxy) is 1. The summed E-state index contributed by atoms with van der Waals surface area (Å²) < 4.78 is 20.0. The summed E-state index contributed by atoms with van der Waals surface area (Å²) in [6.45, 7) is 2.37. The molecule has 7 heteroatoms. The zero-order valence-electron chi connectivity index (χ0n) is 16.6. The van der Waals surface area contributed by atoms with Gasteiger partial charge in [-0.05, 0) is 36.2 Å². The molecule has 1 aromatic heterocycles. The monoisotopic (exact) mass is 394 g/mol. The first-order chi connectivity index (χ1) is 13.9. The van der Waals surface area contributed by atoms with E-state index in [0.29, 0.717) is 18.0 Å². The number of anilines is 3. The molecule has 0 radical (unpaired) electrons. The van der Waals surface area contributed by atoms with Crippen LogP contribution in [0.5, 0.6) is 5.75 Å². The minimum Gasteiger partial charge on any atom is -0.497 e. The lowest BCUT2D eigenvalue weighted by atomic mass is 10.1. The Kier molecular flexibility index (Phi) is 5.97. The molecule has 1 amide bonds. The average molecular weight is 394 g/mol. The molecular formula is C22H23FN4O2. The maximum Gasteiger partial charge on any atom is 0.252 e. The Morgan fingerprint density at radius 1 is 1.21 bits per heavy atom. The number of carbonyl (C=O) groups is 1. The van der Waals surface area contributed by atoms with Gasteiger partial charge >= 0.3 is 0 Å². The predicted molar refractivity (Wildman–Crippen MR) is 112 cm³/mol. The zero-order chi connectivity index (χ0) is 21.0. The molecule has 0 spiro atoms. The number of amides is 1. The van der Waals surface area contributed by atoms with Crippen LogP contribution in [0.2, 0.25) is 0 Å². The van der Waals surface area contributed by atoms with Crippen LogP contribution >= 0.6 is 0 Å². The second-order valence-electron chi connectivity index (χ2n) is 6.76. The van der Waals surface area contributed by atoms with Gasteiger partial charge in [0, 0.05) is 25.3 Å². The van der Waals surface area contributed by atoms with Crippen LogP contribution in [0, 0.1) is 12.7 Å². The third kappa shape index (κ3) is 4.82. The Balaban J connectivity index is 1.98. The van der Waals surface area contributed by atoms with Crippen LogP contribution in [0.1, 0.15) is 21.5 Å². The van der Waals surface area contributed by atoms with Gasteiger partial charge in [0.2, 0.25) is 0 Å². The topological polar surface area (TPSA) is 80.5 Å². The number of hydrogen-bond acceptors (Lipinski definition) is 5. The van der Waals surface area contributed by atoms with E-state index in [2.05, 4.69) is 10.3 Å². The lowest BCUT2D eigenvalue weighted by Gasteiger charge is -2.21. The molecule has 29 heavy (non-hydrogen) atoms. The summed E-state index contributed by atoms with van der Waals surface area (Å²) in [5, 5.41) is 3.07. The standard InChI is InChI=1S/C22H23FN4O2/c1-14-9-16(11-17(10-14)29-3)25-21-18(20(24)28)12-19(23)22(26-21)27(2)13-15-7-5-4-6-8-15/h4-12H,13H2,1-3H3,(H2,24,28)(H,25,26). The number of nitrogens with one attached hydrogen (secondary N) is 1. The van der Waals surface area contributed by atoms with Gasteiger partial charge in [-0.15, -0.1) is 0 Å². The van der Waals surface area contributed by atoms with Gasteiger partial charge in [-0.1, -0.05) is 30.3 Å². The number of hydrogen-bond donors (Lipinski definition) is 2. The van der Waals surface area contributed by atoms with Crippen molar-refractivity contribution >= 4 is 23.2 Å². The Morgan fingerprint density at radius 2 is 1.93 bits per heavy atom. The molecule has 3 aromatic rings. The van der Waals surface area contributed by atoms with Crippen LogP contribution in [-0.2, 0) is 6.54 Å². The summed E-state index contributed by atoms with van der Waals surface area (Å²) in [6.07, 6.45) is 0. The van der Waals surface area contributed by atoms with Crippen LogP contribution in [0.25, 0.3) is 0 Å². The van der Waals surface area contributed by atoms with E-state index in [-0.39, 0.29) is 17.2 Å². The van der Waals surface area contributed by atoms with E-state index < -0.39 is 11.7 Å². The highest BCUT2D eigenvalue weighted by Gasteiger charge is 2.19. The molecule has 0 saturated carbocycles. The van der Waals surface area contributed by atoms with Gasteiger partial charge in [0.25, 0.3) is 5.91 Å². The van der Waals surface area contributed by atoms with E-state index in [1.54, 1.807) is 25.1 Å². The van der Waals surface area contributed by atoms with Crippen molar-refractivity contribution in [3.05, 3.63) is 77.1 Å². The van der Waals surface area contributed by atoms with Crippen molar-refractivity contribution < 1.29 is 13.9 Å². The van der Waals surface area contributed by atoms with Crippen LogP contribution < -0.4 is 20.7 Å². The highest BCUT2D eigenvalue weighted by atomic mass is 19.1. The van der Waals surface area contributed by atoms with E-state index in [0.717, 1.165) is 17.2 Å². The minimum absolute atomic E-state index is 0.0279. The molecule has 2 aromatic carbocycles. The number of aryl methyl sites for hydroxylation is 1. The van der Waals surface area contributed by atoms with E-state index in [1.165, 1.54) is 0 Å². The Bertz CT molecular complexity index is 1020. The largest absolute Gasteiger partial charge is 0.497 e. The minimum atomic E-state index is -0.768. The molecular weight excluding hydrogens is 371 g/mol. The Morgan fingerprint density at radius 3 is 2.59 bits per heavy atom. The fourth-order valence-electron chi connectivity index (χ4n) is 3.04. The molecule has 0 fully saturated rings. The van der Waals surface area contributed by atoms with Gasteiger partial charge in [-0.3, -0.25) is 4.79 Å². The maximum absolute atomic E-state index is 14.7. The van der Waals surface area contributed by atoms with Gasteiger partial charge in [0.15, 0.2) is 11.6 Å². The fraction of sp³-hybridized carbons (Fsp3) is 0.182. The van der Waals surface area contributed by atoms with Crippen molar-refractivity contribution in [1.82, 2.24) is 4.98 Å². The third-order valence-corrected chi connectivity index (χ3v) is 4.40. The number of halogens is 1. The van der Waals surface area contributed by atoms with Crippen molar-refractivity contribution in [2.24, 2.45) is 5.73 Å². The molecule has 0 aliphatic rings. The lowest BCUT2D eigenvalue weighted by molar-refractivity contribution is 0.100. The van der Waals surface area contributed by atoms with Gasteiger partial charge in [0.1, 0.15) is 11.6 Å². The van der Waals surface area contributed by atoms with Gasteiger partial charge in [0.05, 0.1) is 12.7 Å². The summed E-state index contributed by atoms with van der Waals surface area (Å²) in [5.41, 5.74) is 8.04. The smallest absolute Gasteiger partial charge is 0.252 e. The van der Waals surface area contributed by atoms with Crippen LogP contribution in [-0.4, -0.2) is 25.0 Å². The summed E-state index contributed by atoms with van der Waals surface area (Å²) in [4.78, 5) is 17.9. The van der Waals surface area contributed by atoms with Crippen molar-refractivity contribution in [3.63, 3.8) is 0 Å². The molecule has 6 nitrogen and oxygen atoms in total. The first-order valence-electron chi connectivity index (χ1n) is 9.05. The number of aromatic nitrogens is 1. The molecule has 0 aliphatic carbocycles. The number of primary amides is 1. The number of nitrogens with zero attached hydrogens (tertiary/aromatic N) is 2. The van der Waals surface area contributed by atoms with Crippen LogP contribution in [0.15, 0.2) is 54.6 Å². The van der Waals surface area contributed by atoms with Crippen molar-refractivity contribution in [2.75, 3.05) is 24.4 Å². The van der Waals surface area contributed by atoms with Gasteiger partial charge in [-0.25, -0.2) is 9.37 Å². The fourth-order valence-corrected chi connectivity index (χ4v) is 3.04. The summed E-state index contributed by atoms with van der Waals surface area (Å²) >= 11 is 0. The second-order valence-corrected chi connectivity index (χ2v) is 6.76. The third-order valence-electron chi connectivity index (χ3n) is 4.40. The number of rotatable bonds is 7. The highest BCUT2D eigenvalue weighted by molar-refractivity contribution is 5.98. The highest BCUT2D eigenvalue weighted by Crippen LogP contribution is 2.28. The number of benzene rings is 2. The molecule has 3 N–H and O–H groups in total. The second kappa shape index (κ2) is 8.60. The Hall–Kier alpha value is -3.61. The molecule has 1 heterocycles. The van der Waals surface area contributed by atoms with Gasteiger partial charge in [-0.2, -0.15) is 0 Å². The summed E-state index contributed by atoms with van der Waals surface area (Å²) in [6, 6.07) is 16.3. The molecule has 0 atom stereocenters. The van der Waals surface area contributed by atoms with Crippen molar-refractivity contribution in [2.45, 2.75) is 13.5 Å². The quantitative estimate of drug-likeness (QED) is 0.633. The van der Waals surface area contributed by atoms with Gasteiger partial charge < -0.3 is 20.7 Å². The molecule has 0 saturated heterocycles. The maximum atomic E-state index is 14.7. The summed E-state index contributed by atoms with van der Waals surface area (Å²) in [5.74, 6) is -0.445. The zero-order valence-corrected chi connectivity index (χ0v) is 16.6. The molecule has 0 aliphatic heterocycles. The van der Waals surface area contributed by atoms with Crippen molar-refractivity contribution in [1.29, 1.82) is 0 Å². The van der Waals surface area contributed by atoms with E-state index in [1.807, 2.05) is 49.4 Å². The SMILES string of the molecule is COc1cc(C)cc(Nc2nc(N(C)Cc3ccccc3)c(F)cc2C(N)=O)c1. The van der Waals surface area contributed by atoms with E-state index >= 15 is 0 Å². The molecule has 0 bridgehead atoms. The van der Waals surface area contributed by atoms with E-state index in [9.17, 15) is 9.18 Å². The van der Waals surface area contributed by atoms with E-state index in [4.69, 9.17) is 10.5 Å². The average Bonchev–Trinajstić information content (AvgIpc) is 2.69. The predicted octanol–water partition coefficient (Wildman–Crippen LogP) is 4.02. The molecule has 3 rings (SSSR count). The first kappa shape index (κ1) is 20.1. The van der Waals surface area contributed by atoms with Crippen LogP contribution in [0.3, 0.4) is 0 Å². The summed E-state index contributed by atoms with van der Waals surface area (Å²) in [7, 11) is 3.31. The normalized spacial score (nSPS) is 10.5.